The second-order valence-electron chi connectivity index (χ2n) is 11.6. The Balaban J connectivity index is 1.20. The lowest BCUT2D eigenvalue weighted by Crippen LogP contribution is -2.52. The van der Waals surface area contributed by atoms with Gasteiger partial charge >= 0.3 is 6.03 Å². The summed E-state index contributed by atoms with van der Waals surface area (Å²) in [5, 5.41) is 8.92. The molecule has 1 unspecified atom stereocenters. The van der Waals surface area contributed by atoms with Gasteiger partial charge in [0.05, 0.1) is 17.0 Å². The standard InChI is InChI=1S/C30H40FN7O4S/c1-21-17-24(6-4-8-28(34-35(21)2)38-16-12-29(39)33-30(38)40)23-9-13-36(14-10-23)19-22-5-3-7-25(18-22)43(41,42)37-15-11-27(32)26(31)20-37/h3-7,17-18,20-21,23,27H,8-16,19,32H2,1-2H3,(H,33,39,40)/b6-4-,24-17+,34-28+/t21?,27-/m0/s1. The summed E-state index contributed by atoms with van der Waals surface area (Å²) in [6.07, 6.45) is 10.3. The van der Waals surface area contributed by atoms with E-state index in [1.165, 1.54) is 10.5 Å². The molecule has 0 spiro atoms. The summed E-state index contributed by atoms with van der Waals surface area (Å²) in [6.45, 7) is 4.87. The number of nitrogens with one attached hydrogen (secondary N) is 1. The van der Waals surface area contributed by atoms with Crippen LogP contribution in [0.3, 0.4) is 0 Å². The average molecular weight is 614 g/mol. The van der Waals surface area contributed by atoms with Crippen molar-refractivity contribution in [1.82, 2.24) is 24.4 Å². The summed E-state index contributed by atoms with van der Waals surface area (Å²) in [6, 6.07) is 5.69. The Bertz CT molecular complexity index is 1470. The van der Waals surface area contributed by atoms with Crippen LogP contribution in [0.25, 0.3) is 0 Å². The van der Waals surface area contributed by atoms with Crippen molar-refractivity contribution >= 4 is 27.8 Å². The number of hydrogen-bond acceptors (Lipinski definition) is 8. The number of nitrogens with zero attached hydrogens (tertiary/aromatic N) is 5. The zero-order chi connectivity index (χ0) is 30.7. The summed E-state index contributed by atoms with van der Waals surface area (Å²) in [5.41, 5.74) is 7.81. The van der Waals surface area contributed by atoms with E-state index in [9.17, 15) is 22.4 Å². The number of benzene rings is 1. The molecule has 0 saturated carbocycles. The Hall–Kier alpha value is -3.55. The fourth-order valence-corrected chi connectivity index (χ4v) is 7.22. The number of amidine groups is 1. The SMILES string of the molecule is CC1/C=C(C2CCN(Cc3cccc(S(=O)(=O)N4C=C(F)[C@@H](N)CC4)c3)CC2)\C=C/C/C(N2CCC(=O)NC2=O)=N\N1C. The first-order chi connectivity index (χ1) is 20.5. The molecule has 5 rings (SSSR count). The molecule has 0 bridgehead atoms. The van der Waals surface area contributed by atoms with E-state index in [4.69, 9.17) is 10.8 Å². The number of rotatable bonds is 5. The molecule has 2 atom stereocenters. The maximum Gasteiger partial charge on any atom is 0.329 e. The highest BCUT2D eigenvalue weighted by molar-refractivity contribution is 7.89. The van der Waals surface area contributed by atoms with E-state index >= 15 is 0 Å². The molecule has 232 valence electrons. The van der Waals surface area contributed by atoms with Gasteiger partial charge in [-0.1, -0.05) is 30.4 Å². The molecule has 13 heteroatoms. The van der Waals surface area contributed by atoms with Gasteiger partial charge in [-0.05, 0) is 68.5 Å². The first-order valence-corrected chi connectivity index (χ1v) is 16.2. The Morgan fingerprint density at radius 1 is 1.12 bits per heavy atom. The Kier molecular flexibility index (Phi) is 9.33. The van der Waals surface area contributed by atoms with Gasteiger partial charge < -0.3 is 5.73 Å². The van der Waals surface area contributed by atoms with Crippen LogP contribution in [0, 0.1) is 5.92 Å². The van der Waals surface area contributed by atoms with E-state index in [0.29, 0.717) is 31.3 Å². The molecule has 1 aromatic carbocycles. The number of likely N-dealkylation sites (tertiary alicyclic amines) is 1. The molecule has 3 N–H and O–H groups in total. The number of hydrazone groups is 1. The quantitative estimate of drug-likeness (QED) is 0.522. The zero-order valence-corrected chi connectivity index (χ0v) is 25.5. The highest BCUT2D eigenvalue weighted by Crippen LogP contribution is 2.29. The van der Waals surface area contributed by atoms with Gasteiger partial charge in [-0.2, -0.15) is 5.10 Å². The van der Waals surface area contributed by atoms with Crippen molar-refractivity contribution in [2.24, 2.45) is 16.8 Å². The number of carbonyl (C=O) groups is 2. The van der Waals surface area contributed by atoms with Gasteiger partial charge in [-0.3, -0.25) is 29.2 Å². The van der Waals surface area contributed by atoms with E-state index in [1.54, 1.807) is 18.2 Å². The van der Waals surface area contributed by atoms with Crippen LogP contribution >= 0.6 is 0 Å². The molecule has 0 radical (unpaired) electrons. The van der Waals surface area contributed by atoms with Gasteiger partial charge in [0.2, 0.25) is 5.91 Å². The Morgan fingerprint density at radius 3 is 2.60 bits per heavy atom. The van der Waals surface area contributed by atoms with Gasteiger partial charge in [0.15, 0.2) is 0 Å². The van der Waals surface area contributed by atoms with Crippen LogP contribution in [-0.4, -0.2) is 90.6 Å². The number of hydrogen-bond donors (Lipinski definition) is 2. The number of carbonyl (C=O) groups excluding carboxylic acids is 2. The molecule has 4 aliphatic rings. The topological polar surface area (TPSA) is 132 Å². The van der Waals surface area contributed by atoms with Crippen molar-refractivity contribution in [2.45, 2.75) is 62.6 Å². The lowest BCUT2D eigenvalue weighted by Gasteiger charge is -2.33. The van der Waals surface area contributed by atoms with Crippen LogP contribution in [-0.2, 0) is 21.4 Å². The summed E-state index contributed by atoms with van der Waals surface area (Å²) < 4.78 is 41.4. The monoisotopic (exact) mass is 613 g/mol. The average Bonchev–Trinajstić information content (AvgIpc) is 3.04. The number of halogens is 1. The number of piperidine rings is 1. The van der Waals surface area contributed by atoms with Gasteiger partial charge in [0, 0.05) is 45.7 Å². The number of sulfonamides is 1. The number of imide groups is 1. The normalized spacial score (nSPS) is 28.1. The van der Waals surface area contributed by atoms with Crippen molar-refractivity contribution in [3.05, 3.63) is 65.7 Å². The molecule has 1 aromatic rings. The molecule has 0 aliphatic carbocycles. The molecular weight excluding hydrogens is 573 g/mol. The molecule has 0 aromatic heterocycles. The van der Waals surface area contributed by atoms with Crippen molar-refractivity contribution in [2.75, 3.05) is 33.2 Å². The van der Waals surface area contributed by atoms with Gasteiger partial charge in [0.1, 0.15) is 11.7 Å². The second kappa shape index (κ2) is 13.0. The molecule has 43 heavy (non-hydrogen) atoms. The first-order valence-electron chi connectivity index (χ1n) is 14.8. The molecule has 4 aliphatic heterocycles. The number of nitrogens with two attached hydrogens (primary N) is 1. The highest BCUT2D eigenvalue weighted by atomic mass is 32.2. The third-order valence-electron chi connectivity index (χ3n) is 8.52. The van der Waals surface area contributed by atoms with Crippen molar-refractivity contribution in [3.8, 4) is 0 Å². The maximum atomic E-state index is 14.0. The third kappa shape index (κ3) is 7.16. The predicted octanol–water partition coefficient (Wildman–Crippen LogP) is 2.89. The number of amides is 3. The third-order valence-corrected chi connectivity index (χ3v) is 10.3. The molecule has 4 heterocycles. The second-order valence-corrected chi connectivity index (χ2v) is 13.5. The predicted molar refractivity (Wildman–Crippen MR) is 161 cm³/mol. The van der Waals surface area contributed by atoms with Crippen LogP contribution in [0.15, 0.2) is 70.1 Å². The summed E-state index contributed by atoms with van der Waals surface area (Å²) >= 11 is 0. The van der Waals surface area contributed by atoms with E-state index in [2.05, 4.69) is 29.3 Å². The number of urea groups is 1. The molecule has 11 nitrogen and oxygen atoms in total. The summed E-state index contributed by atoms with van der Waals surface area (Å²) in [4.78, 5) is 28.0. The summed E-state index contributed by atoms with van der Waals surface area (Å²) in [7, 11) is -1.98. The largest absolute Gasteiger partial charge is 0.329 e. The van der Waals surface area contributed by atoms with Gasteiger partial charge in [0.25, 0.3) is 10.0 Å². The lowest BCUT2D eigenvalue weighted by atomic mass is 9.87. The van der Waals surface area contributed by atoms with Crippen LogP contribution in [0.4, 0.5) is 9.18 Å². The van der Waals surface area contributed by atoms with E-state index in [1.807, 2.05) is 24.2 Å². The first kappa shape index (κ1) is 30.9. The molecule has 2 saturated heterocycles. The van der Waals surface area contributed by atoms with Crippen LogP contribution in [0.1, 0.15) is 44.6 Å². The number of likely N-dealkylation sites (N-methyl/N-ethyl adjacent to an activating group) is 1. The number of allylic oxidation sites excluding steroid dienone is 2. The fourth-order valence-electron chi connectivity index (χ4n) is 5.82. The molecule has 2 fully saturated rings. The Labute approximate surface area is 252 Å². The lowest BCUT2D eigenvalue weighted by molar-refractivity contribution is -0.121. The maximum absolute atomic E-state index is 14.0. The van der Waals surface area contributed by atoms with E-state index in [0.717, 1.165) is 42.0 Å². The van der Waals surface area contributed by atoms with Gasteiger partial charge in [-0.15, -0.1) is 0 Å². The van der Waals surface area contributed by atoms with Crippen molar-refractivity contribution in [3.63, 3.8) is 0 Å². The fraction of sp³-hybridized carbons (Fsp3) is 0.500. The van der Waals surface area contributed by atoms with Crippen molar-refractivity contribution in [1.29, 1.82) is 0 Å². The molecule has 3 amide bonds. The van der Waals surface area contributed by atoms with Crippen LogP contribution in [0.2, 0.25) is 0 Å². The highest BCUT2D eigenvalue weighted by Gasteiger charge is 2.30. The zero-order valence-electron chi connectivity index (χ0n) is 24.7. The minimum Gasteiger partial charge on any atom is -0.322 e. The van der Waals surface area contributed by atoms with Gasteiger partial charge in [-0.25, -0.2) is 17.6 Å². The van der Waals surface area contributed by atoms with Crippen LogP contribution < -0.4 is 11.1 Å². The molecular formula is C30H40FN7O4S. The van der Waals surface area contributed by atoms with Crippen LogP contribution in [0.5, 0.6) is 0 Å². The minimum atomic E-state index is -3.87. The minimum absolute atomic E-state index is 0.00362. The summed E-state index contributed by atoms with van der Waals surface area (Å²) in [5.74, 6) is 0.0706. The van der Waals surface area contributed by atoms with Crippen molar-refractivity contribution < 1.29 is 22.4 Å². The van der Waals surface area contributed by atoms with E-state index < -0.39 is 27.9 Å². The Morgan fingerprint density at radius 2 is 1.88 bits per heavy atom. The smallest absolute Gasteiger partial charge is 0.322 e. The van der Waals surface area contributed by atoms with E-state index in [-0.39, 0.29) is 36.2 Å².